The van der Waals surface area contributed by atoms with Gasteiger partial charge in [-0.15, -0.1) is 11.8 Å². The van der Waals surface area contributed by atoms with Crippen molar-refractivity contribution in [3.05, 3.63) is 17.7 Å². The molecule has 1 fully saturated rings. The minimum absolute atomic E-state index is 0.193. The van der Waals surface area contributed by atoms with Crippen LogP contribution in [0.25, 0.3) is 0 Å². The number of aryl methyl sites for hydroxylation is 1. The number of aromatic amines is 1. The molecule has 1 aromatic rings. The van der Waals surface area contributed by atoms with Crippen LogP contribution in [0.1, 0.15) is 30.7 Å². The van der Waals surface area contributed by atoms with Crippen molar-refractivity contribution in [2.24, 2.45) is 0 Å². The summed E-state index contributed by atoms with van der Waals surface area (Å²) >= 11 is 1.79. The SMILES string of the molecule is O=C(NC1CCc2nc[nH]c2C1)C1CCCS1. The topological polar surface area (TPSA) is 57.8 Å². The van der Waals surface area contributed by atoms with Crippen LogP contribution in [-0.4, -0.2) is 32.9 Å². The Morgan fingerprint density at radius 1 is 1.53 bits per heavy atom. The highest BCUT2D eigenvalue weighted by Crippen LogP contribution is 2.26. The van der Waals surface area contributed by atoms with Gasteiger partial charge in [0.05, 0.1) is 17.3 Å². The molecule has 1 aliphatic carbocycles. The van der Waals surface area contributed by atoms with Crippen LogP contribution in [0.2, 0.25) is 0 Å². The Balaban J connectivity index is 1.58. The third-order valence-electron chi connectivity index (χ3n) is 3.56. The lowest BCUT2D eigenvalue weighted by Gasteiger charge is -2.23. The lowest BCUT2D eigenvalue weighted by molar-refractivity contribution is -0.121. The van der Waals surface area contributed by atoms with Gasteiger partial charge in [-0.1, -0.05) is 0 Å². The summed E-state index contributed by atoms with van der Waals surface area (Å²) in [5.74, 6) is 1.37. The molecule has 3 rings (SSSR count). The summed E-state index contributed by atoms with van der Waals surface area (Å²) in [5.41, 5.74) is 2.37. The monoisotopic (exact) mass is 251 g/mol. The predicted molar refractivity (Wildman–Crippen MR) is 68.0 cm³/mol. The van der Waals surface area contributed by atoms with Crippen LogP contribution in [-0.2, 0) is 17.6 Å². The van der Waals surface area contributed by atoms with Crippen molar-refractivity contribution >= 4 is 17.7 Å². The lowest BCUT2D eigenvalue weighted by Crippen LogP contribution is -2.42. The van der Waals surface area contributed by atoms with Crippen molar-refractivity contribution in [2.45, 2.75) is 43.4 Å². The zero-order chi connectivity index (χ0) is 11.7. The van der Waals surface area contributed by atoms with Crippen molar-refractivity contribution in [3.63, 3.8) is 0 Å². The number of nitrogens with one attached hydrogen (secondary N) is 2. The maximum Gasteiger partial charge on any atom is 0.233 e. The molecule has 92 valence electrons. The van der Waals surface area contributed by atoms with Crippen molar-refractivity contribution in [1.82, 2.24) is 15.3 Å². The van der Waals surface area contributed by atoms with E-state index in [4.69, 9.17) is 0 Å². The summed E-state index contributed by atoms with van der Waals surface area (Å²) in [7, 11) is 0. The highest BCUT2D eigenvalue weighted by Gasteiger charge is 2.27. The number of fused-ring (bicyclic) bond motifs is 1. The summed E-state index contributed by atoms with van der Waals surface area (Å²) < 4.78 is 0. The second-order valence-corrected chi connectivity index (χ2v) is 6.09. The number of aromatic nitrogens is 2. The number of H-pyrrole nitrogens is 1. The van der Waals surface area contributed by atoms with Gasteiger partial charge >= 0.3 is 0 Å². The standard InChI is InChI=1S/C12H17N3OS/c16-12(11-2-1-5-17-11)15-8-3-4-9-10(6-8)14-7-13-9/h7-8,11H,1-6H2,(H,13,14)(H,15,16). The first-order valence-electron chi connectivity index (χ1n) is 6.26. The molecule has 2 unspecified atom stereocenters. The third kappa shape index (κ3) is 2.34. The highest BCUT2D eigenvalue weighted by atomic mass is 32.2. The molecule has 4 nitrogen and oxygen atoms in total. The van der Waals surface area contributed by atoms with E-state index in [1.165, 1.54) is 17.8 Å². The first kappa shape index (κ1) is 11.1. The number of hydrogen-bond donors (Lipinski definition) is 2. The summed E-state index contributed by atoms with van der Waals surface area (Å²) in [6.07, 6.45) is 6.86. The second kappa shape index (κ2) is 4.72. The number of nitrogens with zero attached hydrogens (tertiary/aromatic N) is 1. The Hall–Kier alpha value is -0.970. The van der Waals surface area contributed by atoms with Crippen LogP contribution in [0.3, 0.4) is 0 Å². The summed E-state index contributed by atoms with van der Waals surface area (Å²) in [5, 5.41) is 3.38. The third-order valence-corrected chi connectivity index (χ3v) is 4.93. The minimum atomic E-state index is 0.193. The summed E-state index contributed by atoms with van der Waals surface area (Å²) in [4.78, 5) is 19.4. The van der Waals surface area contributed by atoms with Gasteiger partial charge in [0, 0.05) is 18.2 Å². The van der Waals surface area contributed by atoms with E-state index in [1.54, 1.807) is 18.1 Å². The minimum Gasteiger partial charge on any atom is -0.352 e. The fraction of sp³-hybridized carbons (Fsp3) is 0.667. The molecule has 2 heterocycles. The molecule has 0 saturated carbocycles. The number of rotatable bonds is 2. The van der Waals surface area contributed by atoms with Crippen LogP contribution in [0.5, 0.6) is 0 Å². The average Bonchev–Trinajstić information content (AvgIpc) is 2.99. The number of imidazole rings is 1. The summed E-state index contributed by atoms with van der Waals surface area (Å²) in [6, 6.07) is 0.289. The Morgan fingerprint density at radius 3 is 3.29 bits per heavy atom. The van der Waals surface area contributed by atoms with E-state index in [0.29, 0.717) is 0 Å². The van der Waals surface area contributed by atoms with Crippen LogP contribution >= 0.6 is 11.8 Å². The van der Waals surface area contributed by atoms with E-state index in [2.05, 4.69) is 15.3 Å². The Morgan fingerprint density at radius 2 is 2.47 bits per heavy atom. The van der Waals surface area contributed by atoms with Crippen molar-refractivity contribution in [3.8, 4) is 0 Å². The van der Waals surface area contributed by atoms with Gasteiger partial charge < -0.3 is 10.3 Å². The molecule has 1 amide bonds. The fourth-order valence-corrected chi connectivity index (χ4v) is 3.77. The van der Waals surface area contributed by atoms with Gasteiger partial charge in [0.15, 0.2) is 0 Å². The molecule has 1 aromatic heterocycles. The molecule has 0 spiro atoms. The molecule has 1 saturated heterocycles. The molecule has 0 aromatic carbocycles. The number of carbonyl (C=O) groups is 1. The lowest BCUT2D eigenvalue weighted by atomic mass is 9.96. The van der Waals surface area contributed by atoms with Crippen molar-refractivity contribution in [1.29, 1.82) is 0 Å². The second-order valence-electron chi connectivity index (χ2n) is 4.78. The molecule has 5 heteroatoms. The molecule has 1 aliphatic heterocycles. The fourth-order valence-electron chi connectivity index (χ4n) is 2.60. The molecule has 2 aliphatic rings. The van der Waals surface area contributed by atoms with E-state index < -0.39 is 0 Å². The van der Waals surface area contributed by atoms with Crippen molar-refractivity contribution in [2.75, 3.05) is 5.75 Å². The van der Waals surface area contributed by atoms with E-state index in [-0.39, 0.29) is 17.2 Å². The Bertz CT molecular complexity index is 412. The van der Waals surface area contributed by atoms with Gasteiger partial charge in [0.2, 0.25) is 5.91 Å². The van der Waals surface area contributed by atoms with E-state index >= 15 is 0 Å². The number of amides is 1. The molecule has 0 bridgehead atoms. The number of thioether (sulfide) groups is 1. The molecular weight excluding hydrogens is 234 g/mol. The Labute approximate surface area is 105 Å². The van der Waals surface area contributed by atoms with Gasteiger partial charge in [0.25, 0.3) is 0 Å². The molecule has 2 atom stereocenters. The average molecular weight is 251 g/mol. The van der Waals surface area contributed by atoms with Crippen LogP contribution in [0.4, 0.5) is 0 Å². The maximum absolute atomic E-state index is 12.0. The van der Waals surface area contributed by atoms with Crippen LogP contribution < -0.4 is 5.32 Å². The number of carbonyl (C=O) groups excluding carboxylic acids is 1. The maximum atomic E-state index is 12.0. The first-order chi connectivity index (χ1) is 8.33. The van der Waals surface area contributed by atoms with Crippen molar-refractivity contribution < 1.29 is 4.79 Å². The van der Waals surface area contributed by atoms with E-state index in [9.17, 15) is 4.79 Å². The molecule has 17 heavy (non-hydrogen) atoms. The first-order valence-corrected chi connectivity index (χ1v) is 7.31. The van der Waals surface area contributed by atoms with Crippen LogP contribution in [0, 0.1) is 0 Å². The zero-order valence-corrected chi connectivity index (χ0v) is 10.6. The molecule has 2 N–H and O–H groups in total. The van der Waals surface area contributed by atoms with E-state index in [0.717, 1.165) is 31.4 Å². The normalized spacial score (nSPS) is 27.8. The van der Waals surface area contributed by atoms with Gasteiger partial charge in [-0.2, -0.15) is 0 Å². The largest absolute Gasteiger partial charge is 0.352 e. The summed E-state index contributed by atoms with van der Waals surface area (Å²) in [6.45, 7) is 0. The van der Waals surface area contributed by atoms with E-state index in [1.807, 2.05) is 0 Å². The van der Waals surface area contributed by atoms with Crippen LogP contribution in [0.15, 0.2) is 6.33 Å². The highest BCUT2D eigenvalue weighted by molar-refractivity contribution is 8.00. The van der Waals surface area contributed by atoms with Gasteiger partial charge in [-0.3, -0.25) is 4.79 Å². The van der Waals surface area contributed by atoms with Gasteiger partial charge in [0.1, 0.15) is 0 Å². The zero-order valence-electron chi connectivity index (χ0n) is 9.74. The smallest absolute Gasteiger partial charge is 0.233 e. The number of hydrogen-bond acceptors (Lipinski definition) is 3. The molecular formula is C12H17N3OS. The van der Waals surface area contributed by atoms with Gasteiger partial charge in [-0.05, 0) is 31.4 Å². The quantitative estimate of drug-likeness (QED) is 0.832. The van der Waals surface area contributed by atoms with Gasteiger partial charge in [-0.25, -0.2) is 4.98 Å². The predicted octanol–water partition coefficient (Wildman–Crippen LogP) is 1.28. The molecule has 0 radical (unpaired) electrons. The Kier molecular flexibility index (Phi) is 3.09.